The maximum absolute atomic E-state index is 12.7. The number of carbonyl (C=O) groups excluding carboxylic acids is 1. The van der Waals surface area contributed by atoms with Crippen LogP contribution in [0.1, 0.15) is 48.5 Å². The summed E-state index contributed by atoms with van der Waals surface area (Å²) in [6.07, 6.45) is 5.01. The van der Waals surface area contributed by atoms with Gasteiger partial charge in [0.1, 0.15) is 0 Å². The molecule has 0 aliphatic carbocycles. The van der Waals surface area contributed by atoms with Gasteiger partial charge in [-0.05, 0) is 49.8 Å². The van der Waals surface area contributed by atoms with E-state index in [1.54, 1.807) is 7.11 Å². The summed E-state index contributed by atoms with van der Waals surface area (Å²) in [4.78, 5) is 14.6. The van der Waals surface area contributed by atoms with Gasteiger partial charge in [0.15, 0.2) is 0 Å². The van der Waals surface area contributed by atoms with E-state index in [2.05, 4.69) is 6.92 Å². The number of rotatable bonds is 3. The number of piperidine rings is 1. The zero-order valence-corrected chi connectivity index (χ0v) is 14.2. The average Bonchev–Trinajstić information content (AvgIpc) is 2.62. The van der Waals surface area contributed by atoms with Crippen molar-refractivity contribution in [1.82, 2.24) is 4.90 Å². The number of hydrogen-bond donors (Lipinski definition) is 0. The normalized spacial score (nSPS) is 23.9. The molecule has 1 atom stereocenters. The molecule has 2 fully saturated rings. The smallest absolute Gasteiger partial charge is 0.253 e. The Hall–Kier alpha value is -1.39. The highest BCUT2D eigenvalue weighted by Gasteiger charge is 2.45. The van der Waals surface area contributed by atoms with Gasteiger partial charge in [-0.15, -0.1) is 0 Å². The fourth-order valence-electron chi connectivity index (χ4n) is 3.85. The van der Waals surface area contributed by atoms with Crippen LogP contribution in [0.2, 0.25) is 0 Å². The van der Waals surface area contributed by atoms with Gasteiger partial charge in [0.05, 0.1) is 11.7 Å². The van der Waals surface area contributed by atoms with Crippen LogP contribution in [-0.4, -0.2) is 49.3 Å². The van der Waals surface area contributed by atoms with Gasteiger partial charge in [0.2, 0.25) is 0 Å². The summed E-state index contributed by atoms with van der Waals surface area (Å²) in [7, 11) is 1.77. The molecule has 2 aliphatic heterocycles. The Balaban J connectivity index is 1.64. The molecule has 0 saturated carbocycles. The molecule has 23 heavy (non-hydrogen) atoms. The number of amides is 1. The topological polar surface area (TPSA) is 38.8 Å². The summed E-state index contributed by atoms with van der Waals surface area (Å²) >= 11 is 0. The van der Waals surface area contributed by atoms with E-state index in [9.17, 15) is 4.79 Å². The van der Waals surface area contributed by atoms with Crippen molar-refractivity contribution in [2.45, 2.75) is 50.7 Å². The number of carbonyl (C=O) groups is 1. The fourth-order valence-corrected chi connectivity index (χ4v) is 3.85. The van der Waals surface area contributed by atoms with Crippen LogP contribution >= 0.6 is 0 Å². The van der Waals surface area contributed by atoms with Crippen molar-refractivity contribution < 1.29 is 14.3 Å². The van der Waals surface area contributed by atoms with E-state index in [0.717, 1.165) is 57.4 Å². The molecule has 1 spiro atoms. The molecule has 4 heteroatoms. The highest BCUT2D eigenvalue weighted by Crippen LogP contribution is 2.37. The minimum absolute atomic E-state index is 0.132. The molecule has 2 aliphatic rings. The van der Waals surface area contributed by atoms with Gasteiger partial charge in [0.25, 0.3) is 5.91 Å². The summed E-state index contributed by atoms with van der Waals surface area (Å²) in [6.45, 7) is 4.42. The lowest BCUT2D eigenvalue weighted by Crippen LogP contribution is -2.56. The van der Waals surface area contributed by atoms with Crippen LogP contribution in [0.3, 0.4) is 0 Å². The predicted molar refractivity (Wildman–Crippen MR) is 89.7 cm³/mol. The maximum atomic E-state index is 12.7. The fraction of sp³-hybridized carbons (Fsp3) is 0.632. The van der Waals surface area contributed by atoms with Crippen LogP contribution in [0.25, 0.3) is 0 Å². The Morgan fingerprint density at radius 1 is 1.30 bits per heavy atom. The van der Waals surface area contributed by atoms with Crippen molar-refractivity contribution in [1.29, 1.82) is 0 Å². The van der Waals surface area contributed by atoms with Gasteiger partial charge in [-0.25, -0.2) is 0 Å². The second-order valence-corrected chi connectivity index (χ2v) is 6.62. The summed E-state index contributed by atoms with van der Waals surface area (Å²) < 4.78 is 11.8. The molecule has 4 nitrogen and oxygen atoms in total. The van der Waals surface area contributed by atoms with Crippen LogP contribution in [0.15, 0.2) is 24.3 Å². The van der Waals surface area contributed by atoms with Gasteiger partial charge < -0.3 is 14.4 Å². The first-order chi connectivity index (χ1) is 11.2. The first kappa shape index (κ1) is 16.5. The first-order valence-corrected chi connectivity index (χ1v) is 8.73. The van der Waals surface area contributed by atoms with E-state index in [0.29, 0.717) is 0 Å². The van der Waals surface area contributed by atoms with Crippen molar-refractivity contribution in [2.75, 3.05) is 26.8 Å². The third kappa shape index (κ3) is 3.29. The molecule has 0 N–H and O–H groups in total. The number of nitrogens with zero attached hydrogens (tertiary/aromatic N) is 1. The Kier molecular flexibility index (Phi) is 5.02. The number of likely N-dealkylation sites (tertiary alicyclic amines) is 1. The molecule has 1 aromatic rings. The second kappa shape index (κ2) is 7.02. The lowest BCUT2D eigenvalue weighted by molar-refractivity contribution is -0.183. The Labute approximate surface area is 138 Å². The third-order valence-electron chi connectivity index (χ3n) is 5.38. The number of aryl methyl sites for hydroxylation is 1. The van der Waals surface area contributed by atoms with Crippen LogP contribution in [0.4, 0.5) is 0 Å². The minimum Gasteiger partial charge on any atom is -0.378 e. The van der Waals surface area contributed by atoms with E-state index in [1.807, 2.05) is 29.2 Å². The van der Waals surface area contributed by atoms with Crippen molar-refractivity contribution in [3.05, 3.63) is 35.4 Å². The molecule has 126 valence electrons. The van der Waals surface area contributed by atoms with E-state index in [4.69, 9.17) is 9.47 Å². The quantitative estimate of drug-likeness (QED) is 0.860. The molecule has 0 unspecified atom stereocenters. The molecule has 3 rings (SSSR count). The predicted octanol–water partition coefficient (Wildman–Crippen LogP) is 3.05. The largest absolute Gasteiger partial charge is 0.378 e. The molecule has 0 bridgehead atoms. The Morgan fingerprint density at radius 3 is 2.61 bits per heavy atom. The van der Waals surface area contributed by atoms with Crippen molar-refractivity contribution in [2.24, 2.45) is 0 Å². The lowest BCUT2D eigenvalue weighted by atomic mass is 9.81. The van der Waals surface area contributed by atoms with Gasteiger partial charge in [0, 0.05) is 32.4 Å². The highest BCUT2D eigenvalue weighted by molar-refractivity contribution is 5.94. The molecule has 1 amide bonds. The maximum Gasteiger partial charge on any atom is 0.253 e. The van der Waals surface area contributed by atoms with Gasteiger partial charge >= 0.3 is 0 Å². The molecule has 0 aromatic heterocycles. The van der Waals surface area contributed by atoms with Crippen LogP contribution in [-0.2, 0) is 15.9 Å². The molecular formula is C19H27NO3. The summed E-state index contributed by atoms with van der Waals surface area (Å²) in [5.41, 5.74) is 1.86. The number of methoxy groups -OCH3 is 1. The van der Waals surface area contributed by atoms with E-state index < -0.39 is 0 Å². The lowest BCUT2D eigenvalue weighted by Gasteiger charge is -2.48. The van der Waals surface area contributed by atoms with Crippen LogP contribution < -0.4 is 0 Å². The SMILES string of the molecule is CCc1ccc(C(=O)N2CCC3(CC2)OCCC[C@@H]3OC)cc1. The number of hydrogen-bond acceptors (Lipinski definition) is 3. The van der Waals surface area contributed by atoms with Crippen molar-refractivity contribution >= 4 is 5.91 Å². The number of benzene rings is 1. The third-order valence-corrected chi connectivity index (χ3v) is 5.38. The summed E-state index contributed by atoms with van der Waals surface area (Å²) in [6, 6.07) is 7.98. The van der Waals surface area contributed by atoms with Crippen LogP contribution in [0.5, 0.6) is 0 Å². The average molecular weight is 317 g/mol. The van der Waals surface area contributed by atoms with Crippen molar-refractivity contribution in [3.8, 4) is 0 Å². The zero-order valence-electron chi connectivity index (χ0n) is 14.2. The Bertz CT molecular complexity index is 532. The van der Waals surface area contributed by atoms with E-state index in [1.165, 1.54) is 5.56 Å². The summed E-state index contributed by atoms with van der Waals surface area (Å²) in [5, 5.41) is 0. The molecule has 2 saturated heterocycles. The van der Waals surface area contributed by atoms with Gasteiger partial charge in [-0.1, -0.05) is 19.1 Å². The summed E-state index contributed by atoms with van der Waals surface area (Å²) in [5.74, 6) is 0.132. The van der Waals surface area contributed by atoms with E-state index in [-0.39, 0.29) is 17.6 Å². The minimum atomic E-state index is -0.185. The molecule has 1 aromatic carbocycles. The molecule has 2 heterocycles. The standard InChI is InChI=1S/C19H27NO3/c1-3-15-6-8-16(9-7-15)18(21)20-12-10-19(11-13-20)17(22-2)5-4-14-23-19/h6-9,17H,3-5,10-14H2,1-2H3/t17-/m0/s1. The van der Waals surface area contributed by atoms with Gasteiger partial charge in [-0.2, -0.15) is 0 Å². The van der Waals surface area contributed by atoms with E-state index >= 15 is 0 Å². The monoisotopic (exact) mass is 317 g/mol. The number of ether oxygens (including phenoxy) is 2. The highest BCUT2D eigenvalue weighted by atomic mass is 16.5. The van der Waals surface area contributed by atoms with Crippen LogP contribution in [0, 0.1) is 0 Å². The van der Waals surface area contributed by atoms with Crippen molar-refractivity contribution in [3.63, 3.8) is 0 Å². The van der Waals surface area contributed by atoms with Gasteiger partial charge in [-0.3, -0.25) is 4.79 Å². The first-order valence-electron chi connectivity index (χ1n) is 8.73. The Morgan fingerprint density at radius 2 is 2.00 bits per heavy atom. The zero-order chi connectivity index (χ0) is 16.3. The molecule has 0 radical (unpaired) electrons. The molecular weight excluding hydrogens is 290 g/mol. The second-order valence-electron chi connectivity index (χ2n) is 6.62.